The van der Waals surface area contributed by atoms with Crippen LogP contribution < -0.4 is 0 Å². The number of pyridine rings is 1. The number of nitrogens with zero attached hydrogens (tertiary/aromatic N) is 2. The summed E-state index contributed by atoms with van der Waals surface area (Å²) >= 11 is 0. The maximum atomic E-state index is 10.6. The van der Waals surface area contributed by atoms with Crippen molar-refractivity contribution >= 4 is 11.9 Å². The van der Waals surface area contributed by atoms with Gasteiger partial charge in [-0.25, -0.2) is 9.59 Å². The molecular formula is C24H26F6N2O6. The lowest BCUT2D eigenvalue weighted by Gasteiger charge is -2.32. The summed E-state index contributed by atoms with van der Waals surface area (Å²) in [6.07, 6.45) is -3.83. The molecule has 0 unspecified atom stereocenters. The Morgan fingerprint density at radius 2 is 1.55 bits per heavy atom. The second kappa shape index (κ2) is 14.1. The van der Waals surface area contributed by atoms with Gasteiger partial charge < -0.3 is 19.7 Å². The average molecular weight is 552 g/mol. The number of fused-ring (bicyclic) bond motifs is 1. The fourth-order valence-electron chi connectivity index (χ4n) is 3.84. The molecule has 0 bridgehead atoms. The Hall–Kier alpha value is -3.23. The molecule has 2 aliphatic rings. The first kappa shape index (κ1) is 31.0. The van der Waals surface area contributed by atoms with Crippen LogP contribution in [0.1, 0.15) is 24.0 Å². The Labute approximate surface area is 213 Å². The number of ether oxygens (including phenoxy) is 2. The zero-order chi connectivity index (χ0) is 28.3. The van der Waals surface area contributed by atoms with Crippen molar-refractivity contribution in [3.05, 3.63) is 66.0 Å². The molecular weight excluding hydrogens is 526 g/mol. The first-order valence-electron chi connectivity index (χ1n) is 11.3. The standard InChI is InChI=1S/C20H24N2O2.2C2HF3O2/c1-2-6-16(7-3-1)13-22-14-19(20-18(22)9-5-11-23-20)24-15-17-8-4-10-21-12-17;2*3-2(4,5)1(6)7/h1-4,6-8,10,12,18-20H,5,9,11,13-15H2;2*(H,6,7)/t18-,19+,20+;;/m1../s1. The number of aromatic nitrogens is 1. The summed E-state index contributed by atoms with van der Waals surface area (Å²) in [7, 11) is 0. The molecule has 0 saturated carbocycles. The molecule has 3 heterocycles. The van der Waals surface area contributed by atoms with Crippen LogP contribution in [0, 0.1) is 0 Å². The van der Waals surface area contributed by atoms with E-state index in [1.165, 1.54) is 12.0 Å². The van der Waals surface area contributed by atoms with Crippen molar-refractivity contribution in [2.24, 2.45) is 0 Å². The van der Waals surface area contributed by atoms with Gasteiger partial charge in [0.1, 0.15) is 6.10 Å². The summed E-state index contributed by atoms with van der Waals surface area (Å²) in [4.78, 5) is 24.5. The third-order valence-electron chi connectivity index (χ3n) is 5.48. The summed E-state index contributed by atoms with van der Waals surface area (Å²) in [5, 5.41) is 14.2. The van der Waals surface area contributed by atoms with Crippen molar-refractivity contribution in [2.75, 3.05) is 13.2 Å². The molecule has 8 nitrogen and oxygen atoms in total. The predicted octanol–water partition coefficient (Wildman–Crippen LogP) is 4.30. The van der Waals surface area contributed by atoms with E-state index < -0.39 is 24.3 Å². The van der Waals surface area contributed by atoms with E-state index in [0.29, 0.717) is 12.6 Å². The van der Waals surface area contributed by atoms with E-state index in [4.69, 9.17) is 29.3 Å². The average Bonchev–Trinajstić information content (AvgIpc) is 3.21. The van der Waals surface area contributed by atoms with Crippen LogP contribution in [0.5, 0.6) is 0 Å². The molecule has 1 aromatic heterocycles. The number of carbonyl (C=O) groups is 2. The van der Waals surface area contributed by atoms with Crippen LogP contribution >= 0.6 is 0 Å². The number of alkyl halides is 6. The normalized spacial score (nSPS) is 21.3. The molecule has 210 valence electrons. The van der Waals surface area contributed by atoms with Gasteiger partial charge in [0.15, 0.2) is 0 Å². The molecule has 14 heteroatoms. The van der Waals surface area contributed by atoms with E-state index in [2.05, 4.69) is 46.3 Å². The van der Waals surface area contributed by atoms with E-state index in [9.17, 15) is 26.3 Å². The molecule has 2 N–H and O–H groups in total. The summed E-state index contributed by atoms with van der Waals surface area (Å²) < 4.78 is 75.8. The first-order valence-corrected chi connectivity index (χ1v) is 11.3. The molecule has 1 aromatic carbocycles. The minimum Gasteiger partial charge on any atom is -0.475 e. The Morgan fingerprint density at radius 1 is 0.974 bits per heavy atom. The molecule has 0 aliphatic carbocycles. The number of likely N-dealkylation sites (tertiary alicyclic amines) is 1. The number of carboxylic acid groups (broad SMARTS) is 2. The maximum Gasteiger partial charge on any atom is 0.490 e. The van der Waals surface area contributed by atoms with Gasteiger partial charge in [0.2, 0.25) is 0 Å². The Morgan fingerprint density at radius 3 is 2.08 bits per heavy atom. The summed E-state index contributed by atoms with van der Waals surface area (Å²) in [5.41, 5.74) is 2.47. The van der Waals surface area contributed by atoms with Gasteiger partial charge in [0.05, 0.1) is 12.7 Å². The van der Waals surface area contributed by atoms with Crippen molar-refractivity contribution < 1.29 is 55.6 Å². The first-order chi connectivity index (χ1) is 17.8. The fraction of sp³-hybridized carbons (Fsp3) is 0.458. The zero-order valence-electron chi connectivity index (χ0n) is 19.9. The van der Waals surface area contributed by atoms with E-state index in [0.717, 1.165) is 31.7 Å². The van der Waals surface area contributed by atoms with E-state index in [1.807, 2.05) is 12.3 Å². The number of aliphatic carboxylic acids is 2. The SMILES string of the molecule is O=C(O)C(F)(F)F.O=C(O)C(F)(F)F.c1ccc(CN2C[C@H](OCc3cccnc3)[C@H]3OCCC[C@H]32)cc1. The van der Waals surface area contributed by atoms with Crippen LogP contribution in [0.15, 0.2) is 54.9 Å². The van der Waals surface area contributed by atoms with Crippen LogP contribution in [0.4, 0.5) is 26.3 Å². The third-order valence-corrected chi connectivity index (χ3v) is 5.48. The molecule has 2 aliphatic heterocycles. The summed E-state index contributed by atoms with van der Waals surface area (Å²) in [6, 6.07) is 15.2. The topological polar surface area (TPSA) is 109 Å². The van der Waals surface area contributed by atoms with Crippen LogP contribution in [-0.4, -0.2) is 75.8 Å². The highest BCUT2D eigenvalue weighted by Gasteiger charge is 2.44. The van der Waals surface area contributed by atoms with Crippen molar-refractivity contribution in [2.45, 2.75) is 56.6 Å². The maximum absolute atomic E-state index is 10.6. The Kier molecular flexibility index (Phi) is 11.5. The minimum atomic E-state index is -5.08. The molecule has 3 atom stereocenters. The number of benzene rings is 1. The van der Waals surface area contributed by atoms with Crippen molar-refractivity contribution in [1.29, 1.82) is 0 Å². The number of halogens is 6. The van der Waals surface area contributed by atoms with Gasteiger partial charge in [-0.3, -0.25) is 9.88 Å². The number of hydrogen-bond donors (Lipinski definition) is 2. The van der Waals surface area contributed by atoms with Gasteiger partial charge in [-0.15, -0.1) is 0 Å². The van der Waals surface area contributed by atoms with Gasteiger partial charge in [0, 0.05) is 38.1 Å². The number of rotatable bonds is 5. The van der Waals surface area contributed by atoms with Gasteiger partial charge in [0.25, 0.3) is 0 Å². The summed E-state index contributed by atoms with van der Waals surface area (Å²) in [6.45, 7) is 3.36. The quantitative estimate of drug-likeness (QED) is 0.529. The van der Waals surface area contributed by atoms with E-state index in [1.54, 1.807) is 6.20 Å². The summed E-state index contributed by atoms with van der Waals surface area (Å²) in [5.74, 6) is -5.51. The van der Waals surface area contributed by atoms with Crippen molar-refractivity contribution in [1.82, 2.24) is 9.88 Å². The highest BCUT2D eigenvalue weighted by atomic mass is 19.4. The molecule has 0 spiro atoms. The van der Waals surface area contributed by atoms with Crippen molar-refractivity contribution in [3.63, 3.8) is 0 Å². The monoisotopic (exact) mass is 552 g/mol. The number of carboxylic acids is 2. The van der Waals surface area contributed by atoms with Gasteiger partial charge in [-0.1, -0.05) is 36.4 Å². The van der Waals surface area contributed by atoms with Gasteiger partial charge in [-0.05, 0) is 30.0 Å². The lowest BCUT2D eigenvalue weighted by Crippen LogP contribution is -2.41. The van der Waals surface area contributed by atoms with Gasteiger partial charge in [-0.2, -0.15) is 26.3 Å². The number of hydrogen-bond acceptors (Lipinski definition) is 6. The Balaban J connectivity index is 0.000000301. The largest absolute Gasteiger partial charge is 0.490 e. The van der Waals surface area contributed by atoms with Crippen LogP contribution in [0.25, 0.3) is 0 Å². The highest BCUT2D eigenvalue weighted by molar-refractivity contribution is 5.73. The van der Waals surface area contributed by atoms with E-state index >= 15 is 0 Å². The lowest BCUT2D eigenvalue weighted by molar-refractivity contribution is -0.193. The molecule has 2 aromatic rings. The second-order valence-electron chi connectivity index (χ2n) is 8.28. The predicted molar refractivity (Wildman–Crippen MR) is 120 cm³/mol. The molecule has 38 heavy (non-hydrogen) atoms. The molecule has 2 saturated heterocycles. The van der Waals surface area contributed by atoms with Gasteiger partial charge >= 0.3 is 24.3 Å². The van der Waals surface area contributed by atoms with Crippen LogP contribution in [0.3, 0.4) is 0 Å². The third kappa shape index (κ3) is 10.3. The fourth-order valence-corrected chi connectivity index (χ4v) is 3.84. The minimum absolute atomic E-state index is 0.138. The highest BCUT2D eigenvalue weighted by Crippen LogP contribution is 2.32. The zero-order valence-corrected chi connectivity index (χ0v) is 19.9. The smallest absolute Gasteiger partial charge is 0.475 e. The van der Waals surface area contributed by atoms with Crippen LogP contribution in [0.2, 0.25) is 0 Å². The lowest BCUT2D eigenvalue weighted by atomic mass is 10.0. The van der Waals surface area contributed by atoms with Crippen molar-refractivity contribution in [3.8, 4) is 0 Å². The second-order valence-corrected chi connectivity index (χ2v) is 8.28. The molecule has 2 fully saturated rings. The Bertz CT molecular complexity index is 983. The van der Waals surface area contributed by atoms with E-state index in [-0.39, 0.29) is 12.2 Å². The molecule has 0 amide bonds. The molecule has 4 rings (SSSR count). The molecule has 0 radical (unpaired) electrons. The van der Waals surface area contributed by atoms with Crippen LogP contribution in [-0.2, 0) is 32.2 Å².